The third-order valence-corrected chi connectivity index (χ3v) is 8.05. The van der Waals surface area contributed by atoms with Crippen molar-refractivity contribution in [1.29, 1.82) is 0 Å². The summed E-state index contributed by atoms with van der Waals surface area (Å²) in [4.78, 5) is 30.4. The molecule has 1 atom stereocenters. The van der Waals surface area contributed by atoms with E-state index in [0.717, 1.165) is 35.9 Å². The number of hydrogen-bond donors (Lipinski definition) is 1. The number of aromatic nitrogens is 1. The van der Waals surface area contributed by atoms with Crippen LogP contribution in [0.2, 0.25) is 0 Å². The lowest BCUT2D eigenvalue weighted by molar-refractivity contribution is -0.127. The molecule has 0 radical (unpaired) electrons. The molecular formula is C25H27N3O4S. The molecule has 7 nitrogen and oxygen atoms in total. The Morgan fingerprint density at radius 2 is 1.88 bits per heavy atom. The Labute approximate surface area is 196 Å². The van der Waals surface area contributed by atoms with E-state index in [4.69, 9.17) is 9.47 Å². The number of carbonyl (C=O) groups is 2. The molecule has 0 bridgehead atoms. The van der Waals surface area contributed by atoms with E-state index in [2.05, 4.69) is 5.32 Å². The van der Waals surface area contributed by atoms with Crippen LogP contribution in [0.4, 0.5) is 5.69 Å². The lowest BCUT2D eigenvalue weighted by Gasteiger charge is -2.44. The summed E-state index contributed by atoms with van der Waals surface area (Å²) in [7, 11) is 0. The zero-order valence-corrected chi connectivity index (χ0v) is 19.5. The number of nitrogens with one attached hydrogen (secondary N) is 1. The largest absolute Gasteiger partial charge is 0.486 e. The predicted octanol–water partition coefficient (Wildman–Crippen LogP) is 4.34. The van der Waals surface area contributed by atoms with E-state index in [9.17, 15) is 9.59 Å². The SMILES string of the molecule is C[C@@]1(C(=O)NC2CCCCC2)Cn2c(cc3ccsc32)C(=O)N1c1ccc2c(c1)OCCO2. The molecule has 0 saturated heterocycles. The number of nitrogens with zero attached hydrogens (tertiary/aromatic N) is 2. The van der Waals surface area contributed by atoms with Gasteiger partial charge in [-0.3, -0.25) is 14.5 Å². The Morgan fingerprint density at radius 1 is 1.09 bits per heavy atom. The minimum Gasteiger partial charge on any atom is -0.486 e. The summed E-state index contributed by atoms with van der Waals surface area (Å²) in [6.45, 7) is 3.23. The van der Waals surface area contributed by atoms with E-state index in [1.165, 1.54) is 6.42 Å². The van der Waals surface area contributed by atoms with E-state index in [-0.39, 0.29) is 17.9 Å². The van der Waals surface area contributed by atoms with E-state index >= 15 is 0 Å². The van der Waals surface area contributed by atoms with E-state index in [0.29, 0.717) is 42.6 Å². The van der Waals surface area contributed by atoms with Crippen LogP contribution < -0.4 is 19.7 Å². The van der Waals surface area contributed by atoms with Crippen LogP contribution in [0.5, 0.6) is 11.5 Å². The number of rotatable bonds is 3. The summed E-state index contributed by atoms with van der Waals surface area (Å²) in [5.41, 5.74) is 0.164. The number of carbonyl (C=O) groups excluding carboxylic acids is 2. The van der Waals surface area contributed by atoms with Crippen LogP contribution in [0.3, 0.4) is 0 Å². The minimum atomic E-state index is -1.08. The molecule has 2 amide bonds. The molecule has 0 spiro atoms. The van der Waals surface area contributed by atoms with Gasteiger partial charge in [-0.15, -0.1) is 11.3 Å². The third-order valence-electron chi connectivity index (χ3n) is 7.10. The molecule has 6 rings (SSSR count). The van der Waals surface area contributed by atoms with Gasteiger partial charge in [-0.2, -0.15) is 0 Å². The first-order valence-corrected chi connectivity index (χ1v) is 12.5. The van der Waals surface area contributed by atoms with Crippen LogP contribution >= 0.6 is 11.3 Å². The molecule has 3 aromatic rings. The van der Waals surface area contributed by atoms with Crippen molar-refractivity contribution >= 4 is 39.1 Å². The van der Waals surface area contributed by atoms with Crippen LogP contribution in [-0.2, 0) is 11.3 Å². The highest BCUT2D eigenvalue weighted by atomic mass is 32.1. The molecule has 3 aliphatic rings. The Balaban J connectivity index is 1.44. The summed E-state index contributed by atoms with van der Waals surface area (Å²) < 4.78 is 13.5. The lowest BCUT2D eigenvalue weighted by Crippen LogP contribution is -2.65. The fraction of sp³-hybridized carbons (Fsp3) is 0.440. The molecule has 8 heteroatoms. The average molecular weight is 466 g/mol. The Hall–Kier alpha value is -3.00. The molecule has 1 aliphatic carbocycles. The highest BCUT2D eigenvalue weighted by molar-refractivity contribution is 7.16. The van der Waals surface area contributed by atoms with Gasteiger partial charge in [0.05, 0.1) is 6.54 Å². The number of amides is 2. The van der Waals surface area contributed by atoms with Gasteiger partial charge in [0.2, 0.25) is 5.91 Å². The lowest BCUT2D eigenvalue weighted by atomic mass is 9.91. The van der Waals surface area contributed by atoms with Crippen molar-refractivity contribution in [3.63, 3.8) is 0 Å². The smallest absolute Gasteiger partial charge is 0.275 e. The monoisotopic (exact) mass is 465 g/mol. The van der Waals surface area contributed by atoms with Crippen molar-refractivity contribution in [3.05, 3.63) is 41.4 Å². The van der Waals surface area contributed by atoms with Gasteiger partial charge >= 0.3 is 0 Å². The maximum Gasteiger partial charge on any atom is 0.275 e. The zero-order chi connectivity index (χ0) is 22.6. The molecule has 33 heavy (non-hydrogen) atoms. The number of benzene rings is 1. The maximum absolute atomic E-state index is 13.9. The summed E-state index contributed by atoms with van der Waals surface area (Å²) >= 11 is 1.60. The van der Waals surface area contributed by atoms with Crippen LogP contribution in [0.25, 0.3) is 10.2 Å². The fourth-order valence-electron chi connectivity index (χ4n) is 5.36. The minimum absolute atomic E-state index is 0.110. The number of thiophene rings is 1. The van der Waals surface area contributed by atoms with Gasteiger partial charge in [-0.1, -0.05) is 19.3 Å². The summed E-state index contributed by atoms with van der Waals surface area (Å²) in [6.07, 6.45) is 5.45. The zero-order valence-electron chi connectivity index (χ0n) is 18.6. The molecule has 1 aromatic carbocycles. The van der Waals surface area contributed by atoms with Crippen molar-refractivity contribution < 1.29 is 19.1 Å². The highest BCUT2D eigenvalue weighted by Crippen LogP contribution is 2.41. The van der Waals surface area contributed by atoms with Gasteiger partial charge in [0.15, 0.2) is 11.5 Å². The Bertz CT molecular complexity index is 1240. The summed E-state index contributed by atoms with van der Waals surface area (Å²) in [5.74, 6) is 0.972. The third kappa shape index (κ3) is 3.30. The van der Waals surface area contributed by atoms with Crippen molar-refractivity contribution in [2.75, 3.05) is 18.1 Å². The van der Waals surface area contributed by atoms with Gasteiger partial charge in [-0.25, -0.2) is 0 Å². The Kier molecular flexibility index (Phi) is 4.87. The maximum atomic E-state index is 13.9. The predicted molar refractivity (Wildman–Crippen MR) is 127 cm³/mol. The second-order valence-electron chi connectivity index (χ2n) is 9.35. The summed E-state index contributed by atoms with van der Waals surface area (Å²) in [5, 5.41) is 6.33. The highest BCUT2D eigenvalue weighted by Gasteiger charge is 2.49. The standard InChI is InChI=1S/C25H27N3O4S/c1-25(24(30)26-17-5-3-2-4-6-17)15-27-19(13-16-9-12-33-23(16)27)22(29)28(25)18-7-8-20-21(14-18)32-11-10-31-20/h7-9,12-14,17H,2-6,10-11,15H2,1H3,(H,26,30)/t25-/m0/s1. The van der Waals surface area contributed by atoms with Gasteiger partial charge in [0.25, 0.3) is 5.91 Å². The van der Waals surface area contributed by atoms with Crippen LogP contribution in [0.15, 0.2) is 35.7 Å². The van der Waals surface area contributed by atoms with Gasteiger partial charge in [0, 0.05) is 23.2 Å². The molecule has 2 aromatic heterocycles. The molecule has 1 N–H and O–H groups in total. The van der Waals surface area contributed by atoms with E-state index in [1.54, 1.807) is 16.2 Å². The molecule has 1 saturated carbocycles. The summed E-state index contributed by atoms with van der Waals surface area (Å²) in [6, 6.07) is 9.60. The molecule has 172 valence electrons. The second-order valence-corrected chi connectivity index (χ2v) is 10.2. The van der Waals surface area contributed by atoms with E-state index in [1.807, 2.05) is 47.2 Å². The van der Waals surface area contributed by atoms with Crippen molar-refractivity contribution in [2.45, 2.75) is 57.2 Å². The number of fused-ring (bicyclic) bond motifs is 4. The van der Waals surface area contributed by atoms with Crippen LogP contribution in [0.1, 0.15) is 49.5 Å². The molecule has 2 aliphatic heterocycles. The van der Waals surface area contributed by atoms with Crippen molar-refractivity contribution in [3.8, 4) is 11.5 Å². The van der Waals surface area contributed by atoms with E-state index < -0.39 is 5.54 Å². The fourth-order valence-corrected chi connectivity index (χ4v) is 6.26. The second kappa shape index (κ2) is 7.80. The number of hydrogen-bond acceptors (Lipinski definition) is 5. The molecule has 0 unspecified atom stereocenters. The van der Waals surface area contributed by atoms with Gasteiger partial charge in [0.1, 0.15) is 29.3 Å². The molecule has 4 heterocycles. The van der Waals surface area contributed by atoms with Crippen molar-refractivity contribution in [2.24, 2.45) is 0 Å². The first-order valence-electron chi connectivity index (χ1n) is 11.7. The quantitative estimate of drug-likeness (QED) is 0.625. The van der Waals surface area contributed by atoms with Gasteiger partial charge < -0.3 is 19.4 Å². The number of anilines is 1. The number of ether oxygens (including phenoxy) is 2. The average Bonchev–Trinajstić information content (AvgIpc) is 3.42. The first-order chi connectivity index (χ1) is 16.0. The first kappa shape index (κ1) is 20.6. The molecular weight excluding hydrogens is 438 g/mol. The normalized spacial score (nSPS) is 22.9. The van der Waals surface area contributed by atoms with Crippen molar-refractivity contribution in [1.82, 2.24) is 9.88 Å². The topological polar surface area (TPSA) is 72.8 Å². The van der Waals surface area contributed by atoms with Crippen LogP contribution in [-0.4, -0.2) is 41.2 Å². The molecule has 1 fully saturated rings. The van der Waals surface area contributed by atoms with Gasteiger partial charge in [-0.05, 0) is 49.4 Å². The Morgan fingerprint density at radius 3 is 2.70 bits per heavy atom. The van der Waals surface area contributed by atoms with Crippen LogP contribution in [0, 0.1) is 0 Å².